The van der Waals surface area contributed by atoms with E-state index in [-0.39, 0.29) is 18.8 Å². The van der Waals surface area contributed by atoms with E-state index in [0.29, 0.717) is 5.56 Å². The van der Waals surface area contributed by atoms with Crippen LogP contribution in [0.25, 0.3) is 5.70 Å². The minimum absolute atomic E-state index is 0.163. The quantitative estimate of drug-likeness (QED) is 0.763. The van der Waals surface area contributed by atoms with Gasteiger partial charge in [-0.05, 0) is 25.1 Å². The van der Waals surface area contributed by atoms with Crippen molar-refractivity contribution in [2.75, 3.05) is 13.2 Å². The first kappa shape index (κ1) is 14.9. The van der Waals surface area contributed by atoms with Crippen molar-refractivity contribution >= 4 is 11.8 Å². The van der Waals surface area contributed by atoms with Gasteiger partial charge in [0.1, 0.15) is 0 Å². The van der Waals surface area contributed by atoms with Crippen LogP contribution >= 0.6 is 0 Å². The summed E-state index contributed by atoms with van der Waals surface area (Å²) in [4.78, 5) is 12.9. The van der Waals surface area contributed by atoms with Crippen LogP contribution in [0.4, 0.5) is 13.6 Å². The monoisotopic (exact) mass is 267 g/mol. The third kappa shape index (κ3) is 3.64. The number of hydrogen-bond donors (Lipinski definition) is 0. The van der Waals surface area contributed by atoms with Gasteiger partial charge in [-0.25, -0.2) is 13.6 Å². The number of carbonyl (C=O) groups is 1. The van der Waals surface area contributed by atoms with Crippen molar-refractivity contribution in [3.05, 3.63) is 54.6 Å². The normalized spacial score (nSPS) is 9.84. The van der Waals surface area contributed by atoms with E-state index in [4.69, 9.17) is 4.74 Å². The van der Waals surface area contributed by atoms with Crippen LogP contribution in [-0.2, 0) is 4.74 Å². The largest absolute Gasteiger partial charge is 0.449 e. The van der Waals surface area contributed by atoms with Gasteiger partial charge in [-0.2, -0.15) is 0 Å². The molecule has 0 spiro atoms. The maximum atomic E-state index is 13.2. The van der Waals surface area contributed by atoms with Crippen LogP contribution in [0.5, 0.6) is 0 Å². The van der Waals surface area contributed by atoms with Crippen molar-refractivity contribution in [1.29, 1.82) is 0 Å². The Labute approximate surface area is 110 Å². The minimum atomic E-state index is -0.999. The fraction of sp³-hybridized carbons (Fsp3) is 0.214. The Hall–Kier alpha value is -2.17. The van der Waals surface area contributed by atoms with Crippen LogP contribution in [0.3, 0.4) is 0 Å². The molecule has 0 aliphatic rings. The lowest BCUT2D eigenvalue weighted by atomic mass is 10.1. The molecule has 0 saturated heterocycles. The Kier molecular flexibility index (Phi) is 5.23. The molecule has 0 bridgehead atoms. The lowest BCUT2D eigenvalue weighted by Gasteiger charge is -2.22. The van der Waals surface area contributed by atoms with Crippen LogP contribution in [0, 0.1) is 11.6 Å². The van der Waals surface area contributed by atoms with Gasteiger partial charge in [0.25, 0.3) is 0 Å². The molecule has 0 radical (unpaired) electrons. The maximum absolute atomic E-state index is 13.2. The van der Waals surface area contributed by atoms with Crippen LogP contribution in [-0.4, -0.2) is 24.1 Å². The van der Waals surface area contributed by atoms with Crippen molar-refractivity contribution < 1.29 is 18.3 Å². The molecule has 1 aromatic rings. The lowest BCUT2D eigenvalue weighted by molar-refractivity contribution is 0.128. The Bertz CT molecular complexity index is 500. The first-order valence-corrected chi connectivity index (χ1v) is 5.70. The van der Waals surface area contributed by atoms with Crippen molar-refractivity contribution in [3.63, 3.8) is 0 Å². The van der Waals surface area contributed by atoms with Crippen molar-refractivity contribution in [1.82, 2.24) is 4.90 Å². The van der Waals surface area contributed by atoms with Gasteiger partial charge >= 0.3 is 6.09 Å². The number of halogens is 2. The van der Waals surface area contributed by atoms with Gasteiger partial charge in [0.2, 0.25) is 0 Å². The lowest BCUT2D eigenvalue weighted by Crippen LogP contribution is -2.30. The number of nitrogens with zero attached hydrogens (tertiary/aromatic N) is 1. The summed E-state index contributed by atoms with van der Waals surface area (Å²) in [6.45, 7) is 9.27. The van der Waals surface area contributed by atoms with Gasteiger partial charge in [0.05, 0.1) is 6.61 Å². The van der Waals surface area contributed by atoms with Gasteiger partial charge in [-0.1, -0.05) is 12.7 Å². The average Bonchev–Trinajstić information content (AvgIpc) is 2.38. The Balaban J connectivity index is 3.01. The van der Waals surface area contributed by atoms with E-state index in [1.54, 1.807) is 6.92 Å². The Morgan fingerprint density at radius 2 is 2.11 bits per heavy atom. The second-order valence-corrected chi connectivity index (χ2v) is 3.67. The third-order valence-corrected chi connectivity index (χ3v) is 2.38. The van der Waals surface area contributed by atoms with E-state index >= 15 is 0 Å². The Morgan fingerprint density at radius 3 is 2.63 bits per heavy atom. The molecule has 1 rings (SSSR count). The molecule has 0 aliphatic heterocycles. The zero-order valence-electron chi connectivity index (χ0n) is 10.7. The zero-order valence-corrected chi connectivity index (χ0v) is 10.7. The fourth-order valence-electron chi connectivity index (χ4n) is 1.46. The predicted octanol–water partition coefficient (Wildman–Crippen LogP) is 3.58. The molecule has 0 aromatic heterocycles. The van der Waals surface area contributed by atoms with Crippen LogP contribution in [0.2, 0.25) is 0 Å². The molecule has 0 atom stereocenters. The molecule has 5 heteroatoms. The highest BCUT2D eigenvalue weighted by molar-refractivity contribution is 5.81. The molecule has 0 unspecified atom stereocenters. The van der Waals surface area contributed by atoms with Gasteiger partial charge in [-0.15, -0.1) is 6.58 Å². The van der Waals surface area contributed by atoms with E-state index in [9.17, 15) is 13.6 Å². The van der Waals surface area contributed by atoms with E-state index in [0.717, 1.165) is 12.1 Å². The molecule has 102 valence electrons. The molecular weight excluding hydrogens is 252 g/mol. The van der Waals surface area contributed by atoms with Crippen molar-refractivity contribution in [2.24, 2.45) is 0 Å². The molecule has 0 heterocycles. The van der Waals surface area contributed by atoms with Crippen molar-refractivity contribution in [2.45, 2.75) is 6.92 Å². The highest BCUT2D eigenvalue weighted by Crippen LogP contribution is 2.20. The summed E-state index contributed by atoms with van der Waals surface area (Å²) in [5, 5.41) is 0. The van der Waals surface area contributed by atoms with Crippen LogP contribution in [0.15, 0.2) is 37.4 Å². The van der Waals surface area contributed by atoms with Crippen LogP contribution < -0.4 is 0 Å². The average molecular weight is 267 g/mol. The summed E-state index contributed by atoms with van der Waals surface area (Å²) in [5.41, 5.74) is 0.519. The summed E-state index contributed by atoms with van der Waals surface area (Å²) in [6, 6.07) is 3.30. The first-order valence-electron chi connectivity index (χ1n) is 5.70. The minimum Gasteiger partial charge on any atom is -0.449 e. The third-order valence-electron chi connectivity index (χ3n) is 2.38. The molecule has 19 heavy (non-hydrogen) atoms. The van der Waals surface area contributed by atoms with E-state index in [2.05, 4.69) is 13.2 Å². The summed E-state index contributed by atoms with van der Waals surface area (Å²) < 4.78 is 30.9. The second kappa shape index (κ2) is 6.68. The number of benzene rings is 1. The number of carbonyl (C=O) groups excluding carboxylic acids is 1. The molecule has 0 saturated carbocycles. The summed E-state index contributed by atoms with van der Waals surface area (Å²) in [5.74, 6) is -1.95. The highest BCUT2D eigenvalue weighted by atomic mass is 19.2. The van der Waals surface area contributed by atoms with Crippen molar-refractivity contribution in [3.8, 4) is 0 Å². The van der Waals surface area contributed by atoms with Gasteiger partial charge in [0, 0.05) is 17.8 Å². The zero-order chi connectivity index (χ0) is 14.4. The van der Waals surface area contributed by atoms with E-state index in [1.165, 1.54) is 17.0 Å². The summed E-state index contributed by atoms with van der Waals surface area (Å²) in [7, 11) is 0. The number of rotatable bonds is 5. The molecule has 0 aliphatic carbocycles. The fourth-order valence-corrected chi connectivity index (χ4v) is 1.46. The van der Waals surface area contributed by atoms with Gasteiger partial charge < -0.3 is 4.74 Å². The second-order valence-electron chi connectivity index (χ2n) is 3.67. The number of ether oxygens (including phenoxy) is 1. The van der Waals surface area contributed by atoms with Gasteiger partial charge in [-0.3, -0.25) is 4.90 Å². The molecule has 1 amide bonds. The molecule has 3 nitrogen and oxygen atoms in total. The Morgan fingerprint density at radius 1 is 1.42 bits per heavy atom. The molecule has 1 aromatic carbocycles. The number of hydrogen-bond acceptors (Lipinski definition) is 2. The molecule has 0 fully saturated rings. The van der Waals surface area contributed by atoms with Crippen LogP contribution in [0.1, 0.15) is 12.5 Å². The molecular formula is C14H15F2NO2. The first-order chi connectivity index (χ1) is 9.01. The van der Waals surface area contributed by atoms with E-state index < -0.39 is 17.7 Å². The SMILES string of the molecule is C=CCN(C(=C)c1ccc(F)c(F)c1)C(=O)OCC. The smallest absolute Gasteiger partial charge is 0.414 e. The molecule has 0 N–H and O–H groups in total. The standard InChI is InChI=1S/C14H15F2NO2/c1-4-8-17(14(18)19-5-2)10(3)11-6-7-12(15)13(16)9-11/h4,6-7,9H,1,3,5,8H2,2H3. The maximum Gasteiger partial charge on any atom is 0.414 e. The van der Waals surface area contributed by atoms with E-state index in [1.807, 2.05) is 0 Å². The predicted molar refractivity (Wildman–Crippen MR) is 69.3 cm³/mol. The summed E-state index contributed by atoms with van der Waals surface area (Å²) >= 11 is 0. The van der Waals surface area contributed by atoms with Gasteiger partial charge in [0.15, 0.2) is 11.6 Å². The number of amides is 1. The topological polar surface area (TPSA) is 29.5 Å². The summed E-state index contributed by atoms with van der Waals surface area (Å²) in [6.07, 6.45) is 0.874. The highest BCUT2D eigenvalue weighted by Gasteiger charge is 2.18.